The van der Waals surface area contributed by atoms with Gasteiger partial charge in [-0.3, -0.25) is 4.79 Å². The summed E-state index contributed by atoms with van der Waals surface area (Å²) in [6, 6.07) is 22.6. The number of unbranched alkanes of at least 4 members (excludes halogenated alkanes) is 2. The van der Waals surface area contributed by atoms with Crippen molar-refractivity contribution >= 4 is 33.7 Å². The summed E-state index contributed by atoms with van der Waals surface area (Å²) in [7, 11) is 0. The predicted molar refractivity (Wildman–Crippen MR) is 137 cm³/mol. The van der Waals surface area contributed by atoms with Crippen LogP contribution in [0, 0.1) is 6.92 Å². The maximum Gasteiger partial charge on any atom is 0.269 e. The number of nitrogens with two attached hydrogens (primary N) is 1. The number of thiazole rings is 1. The van der Waals surface area contributed by atoms with Crippen molar-refractivity contribution in [3.63, 3.8) is 0 Å². The van der Waals surface area contributed by atoms with Gasteiger partial charge >= 0.3 is 0 Å². The summed E-state index contributed by atoms with van der Waals surface area (Å²) in [6.45, 7) is 3.98. The van der Waals surface area contributed by atoms with Gasteiger partial charge in [0.1, 0.15) is 5.69 Å². The molecule has 4 rings (SSSR count). The quantitative estimate of drug-likeness (QED) is 0.334. The minimum atomic E-state index is -0.0778. The Bertz CT molecular complexity index is 1300. The summed E-state index contributed by atoms with van der Waals surface area (Å²) < 4.78 is 2.05. The van der Waals surface area contributed by atoms with Crippen LogP contribution in [-0.2, 0) is 13.1 Å². The van der Waals surface area contributed by atoms with E-state index in [1.54, 1.807) is 0 Å². The van der Waals surface area contributed by atoms with Crippen LogP contribution in [0.4, 0.5) is 5.69 Å². The van der Waals surface area contributed by atoms with Crippen LogP contribution in [0.5, 0.6) is 0 Å². The van der Waals surface area contributed by atoms with Crippen LogP contribution in [-0.4, -0.2) is 17.0 Å². The number of hydrogen-bond acceptors (Lipinski definition) is 4. The van der Waals surface area contributed by atoms with Gasteiger partial charge in [-0.2, -0.15) is 0 Å². The van der Waals surface area contributed by atoms with Crippen molar-refractivity contribution in [1.29, 1.82) is 0 Å². The molecule has 0 saturated carbocycles. The molecule has 170 valence electrons. The zero-order chi connectivity index (χ0) is 23.0. The Morgan fingerprint density at radius 2 is 1.85 bits per heavy atom. The molecule has 4 aromatic rings. The second-order valence-corrected chi connectivity index (χ2v) is 9.02. The highest BCUT2D eigenvalue weighted by atomic mass is 32.1. The number of rotatable bonds is 9. The van der Waals surface area contributed by atoms with Crippen molar-refractivity contribution < 1.29 is 4.79 Å². The van der Waals surface area contributed by atoms with Crippen molar-refractivity contribution in [2.24, 2.45) is 10.7 Å². The van der Waals surface area contributed by atoms with Gasteiger partial charge in [-0.25, -0.2) is 4.99 Å². The zero-order valence-electron chi connectivity index (χ0n) is 19.0. The summed E-state index contributed by atoms with van der Waals surface area (Å²) >= 11 is 1.51. The molecule has 0 atom stereocenters. The summed E-state index contributed by atoms with van der Waals surface area (Å²) in [5.74, 6) is -0.0778. The second-order valence-electron chi connectivity index (χ2n) is 8.19. The number of aryl methyl sites for hydroxylation is 1. The number of nitrogens with zero attached hydrogens (tertiary/aromatic N) is 2. The smallest absolute Gasteiger partial charge is 0.269 e. The van der Waals surface area contributed by atoms with Crippen molar-refractivity contribution in [1.82, 2.24) is 9.88 Å². The second kappa shape index (κ2) is 11.1. The third-order valence-electron chi connectivity index (χ3n) is 5.63. The minimum Gasteiger partial charge on any atom is -0.347 e. The van der Waals surface area contributed by atoms with E-state index in [1.165, 1.54) is 16.9 Å². The summed E-state index contributed by atoms with van der Waals surface area (Å²) in [5.41, 5.74) is 9.51. The molecule has 0 spiro atoms. The van der Waals surface area contributed by atoms with E-state index in [1.807, 2.05) is 41.8 Å². The van der Waals surface area contributed by atoms with Gasteiger partial charge in [0.2, 0.25) is 0 Å². The molecule has 0 aliphatic heterocycles. The van der Waals surface area contributed by atoms with Gasteiger partial charge in [-0.15, -0.1) is 11.3 Å². The number of hydrogen-bond donors (Lipinski definition) is 2. The van der Waals surface area contributed by atoms with Crippen LogP contribution in [0.3, 0.4) is 0 Å². The molecule has 0 unspecified atom stereocenters. The molecule has 0 aliphatic carbocycles. The minimum absolute atomic E-state index is 0.0778. The Morgan fingerprint density at radius 3 is 2.70 bits per heavy atom. The van der Waals surface area contributed by atoms with Crippen LogP contribution >= 0.6 is 11.3 Å². The lowest BCUT2D eigenvalue weighted by Gasteiger charge is -2.10. The fraction of sp³-hybridized carbons (Fsp3) is 0.259. The first-order valence-corrected chi connectivity index (χ1v) is 12.3. The summed E-state index contributed by atoms with van der Waals surface area (Å²) in [5, 5.41) is 7.25. The summed E-state index contributed by atoms with van der Waals surface area (Å²) in [6.07, 6.45) is 2.96. The molecule has 0 saturated heterocycles. The number of carbonyl (C=O) groups excluding carboxylic acids is 1. The Morgan fingerprint density at radius 1 is 1.03 bits per heavy atom. The van der Waals surface area contributed by atoms with Crippen LogP contribution in [0.15, 0.2) is 77.1 Å². The Hall–Kier alpha value is -3.22. The highest BCUT2D eigenvalue weighted by Crippen LogP contribution is 2.25. The molecule has 33 heavy (non-hydrogen) atoms. The van der Waals surface area contributed by atoms with E-state index >= 15 is 0 Å². The fourth-order valence-corrected chi connectivity index (χ4v) is 4.83. The number of amides is 1. The van der Waals surface area contributed by atoms with Crippen LogP contribution < -0.4 is 15.9 Å². The lowest BCUT2D eigenvalue weighted by molar-refractivity contribution is 0.0941. The molecule has 3 aromatic carbocycles. The van der Waals surface area contributed by atoms with E-state index in [0.717, 1.165) is 52.6 Å². The predicted octanol–water partition coefficient (Wildman–Crippen LogP) is 5.30. The largest absolute Gasteiger partial charge is 0.347 e. The molecule has 0 aliphatic rings. The highest BCUT2D eigenvalue weighted by molar-refractivity contribution is 7.07. The lowest BCUT2D eigenvalue weighted by atomic mass is 10.1. The van der Waals surface area contributed by atoms with Gasteiger partial charge in [0.25, 0.3) is 5.91 Å². The van der Waals surface area contributed by atoms with Gasteiger partial charge in [0.05, 0.1) is 5.69 Å². The maximum absolute atomic E-state index is 13.1. The molecule has 0 radical (unpaired) electrons. The number of fused-ring (bicyclic) bond motifs is 1. The molecule has 5 nitrogen and oxygen atoms in total. The standard InChI is InChI=1S/C27H30N4OS/c1-20-9-7-10-21(17-20)18-29-26(32)25-19-33-27(31(25)16-6-2-5-15-28)30-24-14-8-12-22-11-3-4-13-23(22)24/h3-4,7-14,17,19H,2,5-6,15-16,18,28H2,1H3,(H,29,32). The van der Waals surface area contributed by atoms with Crippen molar-refractivity contribution in [3.8, 4) is 0 Å². The number of nitrogens with one attached hydrogen (secondary N) is 1. The number of aromatic nitrogens is 1. The van der Waals surface area contributed by atoms with Gasteiger partial charge in [-0.05, 0) is 43.3 Å². The SMILES string of the molecule is Cc1cccc(CNC(=O)c2csc(=Nc3cccc4ccccc34)n2CCCCCN)c1. The van der Waals surface area contributed by atoms with Crippen molar-refractivity contribution in [2.75, 3.05) is 6.54 Å². The van der Waals surface area contributed by atoms with Gasteiger partial charge < -0.3 is 15.6 Å². The molecular formula is C27H30N4OS. The first-order chi connectivity index (χ1) is 16.2. The Balaban J connectivity index is 1.64. The van der Waals surface area contributed by atoms with Crippen LogP contribution in [0.1, 0.15) is 40.9 Å². The molecular weight excluding hydrogens is 428 g/mol. The maximum atomic E-state index is 13.1. The first-order valence-electron chi connectivity index (χ1n) is 11.4. The average molecular weight is 459 g/mol. The molecule has 6 heteroatoms. The number of benzene rings is 3. The fourth-order valence-electron chi connectivity index (χ4n) is 3.91. The van der Waals surface area contributed by atoms with E-state index in [0.29, 0.717) is 18.8 Å². The Labute approximate surface area is 198 Å². The van der Waals surface area contributed by atoms with Gasteiger partial charge in [0.15, 0.2) is 4.80 Å². The van der Waals surface area contributed by atoms with E-state index in [2.05, 4.69) is 47.1 Å². The molecule has 1 aromatic heterocycles. The molecule has 3 N–H and O–H groups in total. The third kappa shape index (κ3) is 5.78. The number of carbonyl (C=O) groups is 1. The van der Waals surface area contributed by atoms with Crippen LogP contribution in [0.2, 0.25) is 0 Å². The van der Waals surface area contributed by atoms with Crippen molar-refractivity contribution in [2.45, 2.75) is 39.3 Å². The summed E-state index contributed by atoms with van der Waals surface area (Å²) in [4.78, 5) is 18.9. The van der Waals surface area contributed by atoms with E-state index in [4.69, 9.17) is 10.7 Å². The van der Waals surface area contributed by atoms with Crippen molar-refractivity contribution in [3.05, 3.63) is 93.7 Å². The van der Waals surface area contributed by atoms with E-state index in [9.17, 15) is 4.79 Å². The van der Waals surface area contributed by atoms with E-state index in [-0.39, 0.29) is 5.91 Å². The van der Waals surface area contributed by atoms with Crippen LogP contribution in [0.25, 0.3) is 10.8 Å². The molecule has 1 heterocycles. The molecule has 0 fully saturated rings. The lowest BCUT2D eigenvalue weighted by Crippen LogP contribution is -2.28. The molecule has 0 bridgehead atoms. The Kier molecular flexibility index (Phi) is 7.70. The average Bonchev–Trinajstić information content (AvgIpc) is 3.23. The van der Waals surface area contributed by atoms with E-state index < -0.39 is 0 Å². The highest BCUT2D eigenvalue weighted by Gasteiger charge is 2.14. The first kappa shape index (κ1) is 23.0. The zero-order valence-corrected chi connectivity index (χ0v) is 19.8. The van der Waals surface area contributed by atoms with Gasteiger partial charge in [-0.1, -0.05) is 72.6 Å². The monoisotopic (exact) mass is 458 g/mol. The normalized spacial score (nSPS) is 11.8. The van der Waals surface area contributed by atoms with Gasteiger partial charge in [0, 0.05) is 23.9 Å². The molecule has 1 amide bonds. The third-order valence-corrected chi connectivity index (χ3v) is 6.50. The topological polar surface area (TPSA) is 72.4 Å².